The molecule has 1 aliphatic heterocycles. The largest absolute Gasteiger partial charge is 0.309 e. The third-order valence-corrected chi connectivity index (χ3v) is 13.8. The molecule has 5 heteroatoms. The molecule has 2 aliphatic rings. The van der Waals surface area contributed by atoms with Gasteiger partial charge in [-0.25, -0.2) is 15.0 Å². The molecule has 0 N–H and O–H groups in total. The number of fused-ring (bicyclic) bond motifs is 14. The van der Waals surface area contributed by atoms with E-state index in [1.807, 2.05) is 48.2 Å². The van der Waals surface area contributed by atoms with Crippen molar-refractivity contribution < 1.29 is 0 Å². The maximum Gasteiger partial charge on any atom is 0.164 e. The second-order valence-electron chi connectivity index (χ2n) is 15.9. The first kappa shape index (κ1) is 34.3. The molecule has 1 spiro atoms. The van der Waals surface area contributed by atoms with E-state index in [1.165, 1.54) is 70.2 Å². The van der Waals surface area contributed by atoms with Gasteiger partial charge in [-0.1, -0.05) is 188 Å². The summed E-state index contributed by atoms with van der Waals surface area (Å²) < 4.78 is 2.47. The van der Waals surface area contributed by atoms with Crippen LogP contribution in [-0.2, 0) is 5.41 Å². The molecular weight excluding hydrogens is 761 g/mol. The van der Waals surface area contributed by atoms with Crippen LogP contribution in [0, 0.1) is 0 Å². The number of aromatic nitrogens is 4. The lowest BCUT2D eigenvalue weighted by atomic mass is 9.67. The molecule has 13 rings (SSSR count). The van der Waals surface area contributed by atoms with Crippen molar-refractivity contribution in [2.75, 3.05) is 0 Å². The Bertz CT molecular complexity index is 3470. The zero-order valence-corrected chi connectivity index (χ0v) is 33.6. The highest BCUT2D eigenvalue weighted by atomic mass is 32.2. The Hall–Kier alpha value is -7.60. The molecule has 0 unspecified atom stereocenters. The lowest BCUT2D eigenvalue weighted by Crippen LogP contribution is -2.31. The van der Waals surface area contributed by atoms with Crippen molar-refractivity contribution in [1.29, 1.82) is 0 Å². The van der Waals surface area contributed by atoms with Gasteiger partial charge in [-0.3, -0.25) is 0 Å². The van der Waals surface area contributed by atoms with Crippen LogP contribution in [0.4, 0.5) is 0 Å². The summed E-state index contributed by atoms with van der Waals surface area (Å²) in [6.07, 6.45) is 0. The van der Waals surface area contributed by atoms with E-state index in [-0.39, 0.29) is 0 Å². The Balaban J connectivity index is 1.09. The van der Waals surface area contributed by atoms with Gasteiger partial charge in [-0.2, -0.15) is 0 Å². The molecule has 0 bridgehead atoms. The molecule has 0 fully saturated rings. The fourth-order valence-corrected chi connectivity index (χ4v) is 11.3. The standard InChI is InChI=1S/C56H34N4S/c1-3-17-36(18-4-1)53-57-54(37-19-5-2-6-20-37)59-55(58-53)38-21-15-22-39(32-38)60-49-34-51-48(33-44(49)43-31-30-35-16-7-8-23-40(35)52(43)60)56(47-28-13-14-29-50(47)61-51)45-26-11-9-24-41(45)42-25-10-12-27-46(42)56/h1-34H. The maximum atomic E-state index is 5.12. The minimum Gasteiger partial charge on any atom is -0.309 e. The van der Waals surface area contributed by atoms with Crippen LogP contribution in [-0.4, -0.2) is 19.5 Å². The summed E-state index contributed by atoms with van der Waals surface area (Å²) >= 11 is 1.88. The van der Waals surface area contributed by atoms with Gasteiger partial charge in [0.1, 0.15) is 0 Å². The minimum atomic E-state index is -0.463. The van der Waals surface area contributed by atoms with E-state index < -0.39 is 5.41 Å². The average molecular weight is 795 g/mol. The SMILES string of the molecule is c1ccc(-c2nc(-c3ccccc3)nc(-c3cccc(-n4c5cc6c(cc5c5ccc7ccccc7c54)C4(c5ccccc5S6)c5ccccc5-c5ccccc54)c3)n2)cc1. The molecule has 0 amide bonds. The Labute approximate surface area is 356 Å². The van der Waals surface area contributed by atoms with E-state index >= 15 is 0 Å². The van der Waals surface area contributed by atoms with Crippen molar-refractivity contribution in [1.82, 2.24) is 19.5 Å². The van der Waals surface area contributed by atoms with Crippen LogP contribution in [0.25, 0.3) is 83.6 Å². The molecule has 0 saturated heterocycles. The van der Waals surface area contributed by atoms with Gasteiger partial charge in [0, 0.05) is 48.3 Å². The van der Waals surface area contributed by atoms with Crippen molar-refractivity contribution in [2.45, 2.75) is 15.2 Å². The molecule has 0 atom stereocenters. The van der Waals surface area contributed by atoms with Gasteiger partial charge in [-0.05, 0) is 69.1 Å². The zero-order valence-electron chi connectivity index (χ0n) is 32.8. The molecule has 3 heterocycles. The predicted molar refractivity (Wildman–Crippen MR) is 249 cm³/mol. The zero-order chi connectivity index (χ0) is 40.1. The fourth-order valence-electron chi connectivity index (χ4n) is 10.1. The number of nitrogens with zero attached hydrogens (tertiary/aromatic N) is 4. The molecule has 284 valence electrons. The van der Waals surface area contributed by atoms with Crippen molar-refractivity contribution in [3.05, 3.63) is 229 Å². The van der Waals surface area contributed by atoms with Crippen LogP contribution in [0.5, 0.6) is 0 Å². The Morgan fingerprint density at radius 1 is 0.377 bits per heavy atom. The maximum absolute atomic E-state index is 5.12. The summed E-state index contributed by atoms with van der Waals surface area (Å²) in [5, 5.41) is 4.86. The highest BCUT2D eigenvalue weighted by molar-refractivity contribution is 7.99. The predicted octanol–water partition coefficient (Wildman–Crippen LogP) is 14.0. The number of benzene rings is 9. The molecule has 11 aromatic rings. The van der Waals surface area contributed by atoms with Crippen LogP contribution in [0.3, 0.4) is 0 Å². The molecule has 61 heavy (non-hydrogen) atoms. The Morgan fingerprint density at radius 3 is 1.66 bits per heavy atom. The lowest BCUT2D eigenvalue weighted by molar-refractivity contribution is 0.724. The van der Waals surface area contributed by atoms with Crippen molar-refractivity contribution in [3.8, 4) is 51.0 Å². The highest BCUT2D eigenvalue weighted by Crippen LogP contribution is 2.62. The molecule has 4 nitrogen and oxygen atoms in total. The first-order chi connectivity index (χ1) is 30.2. The third-order valence-electron chi connectivity index (χ3n) is 12.7. The van der Waals surface area contributed by atoms with Crippen LogP contribution >= 0.6 is 11.8 Å². The van der Waals surface area contributed by atoms with Crippen LogP contribution < -0.4 is 0 Å². The smallest absolute Gasteiger partial charge is 0.164 e. The van der Waals surface area contributed by atoms with Crippen molar-refractivity contribution in [2.24, 2.45) is 0 Å². The van der Waals surface area contributed by atoms with Gasteiger partial charge in [-0.15, -0.1) is 0 Å². The van der Waals surface area contributed by atoms with Crippen LogP contribution in [0.1, 0.15) is 22.3 Å². The summed E-state index contributed by atoms with van der Waals surface area (Å²) in [6.45, 7) is 0. The summed E-state index contributed by atoms with van der Waals surface area (Å²) in [7, 11) is 0. The van der Waals surface area contributed by atoms with E-state index in [9.17, 15) is 0 Å². The summed E-state index contributed by atoms with van der Waals surface area (Å²) in [5.74, 6) is 1.92. The molecule has 1 aliphatic carbocycles. The summed E-state index contributed by atoms with van der Waals surface area (Å²) in [4.78, 5) is 17.8. The Kier molecular flexibility index (Phi) is 7.42. The van der Waals surface area contributed by atoms with Gasteiger partial charge in [0.25, 0.3) is 0 Å². The molecule has 2 aromatic heterocycles. The molecular formula is C56H34N4S. The third kappa shape index (κ3) is 4.99. The van der Waals surface area contributed by atoms with Gasteiger partial charge >= 0.3 is 0 Å². The van der Waals surface area contributed by atoms with Crippen LogP contribution in [0.2, 0.25) is 0 Å². The second-order valence-corrected chi connectivity index (χ2v) is 17.0. The van der Waals surface area contributed by atoms with Crippen LogP contribution in [0.15, 0.2) is 216 Å². The molecule has 0 radical (unpaired) electrons. The summed E-state index contributed by atoms with van der Waals surface area (Å²) in [5.41, 5.74) is 13.7. The monoisotopic (exact) mass is 794 g/mol. The van der Waals surface area contributed by atoms with E-state index in [0.29, 0.717) is 17.5 Å². The summed E-state index contributed by atoms with van der Waals surface area (Å²) in [6, 6.07) is 74.5. The first-order valence-corrected chi connectivity index (χ1v) is 21.5. The van der Waals surface area contributed by atoms with E-state index in [1.54, 1.807) is 0 Å². The lowest BCUT2D eigenvalue weighted by Gasteiger charge is -2.39. The average Bonchev–Trinajstić information content (AvgIpc) is 3.82. The van der Waals surface area contributed by atoms with Crippen molar-refractivity contribution in [3.63, 3.8) is 0 Å². The Morgan fingerprint density at radius 2 is 0.951 bits per heavy atom. The van der Waals surface area contributed by atoms with E-state index in [2.05, 4.69) is 174 Å². The molecule has 0 saturated carbocycles. The van der Waals surface area contributed by atoms with E-state index in [0.717, 1.165) is 27.9 Å². The fraction of sp³-hybridized carbons (Fsp3) is 0.0179. The quantitative estimate of drug-likeness (QED) is 0.178. The highest BCUT2D eigenvalue weighted by Gasteiger charge is 2.50. The number of rotatable bonds is 4. The number of hydrogen-bond acceptors (Lipinski definition) is 4. The van der Waals surface area contributed by atoms with Gasteiger partial charge in [0.15, 0.2) is 17.5 Å². The normalized spacial score (nSPS) is 13.3. The van der Waals surface area contributed by atoms with E-state index in [4.69, 9.17) is 15.0 Å². The number of hydrogen-bond donors (Lipinski definition) is 0. The second kappa shape index (κ2) is 13.2. The topological polar surface area (TPSA) is 43.6 Å². The first-order valence-electron chi connectivity index (χ1n) is 20.7. The molecule has 9 aromatic carbocycles. The van der Waals surface area contributed by atoms with Gasteiger partial charge in [0.05, 0.1) is 16.4 Å². The minimum absolute atomic E-state index is 0.463. The van der Waals surface area contributed by atoms with Gasteiger partial charge in [0.2, 0.25) is 0 Å². The van der Waals surface area contributed by atoms with Gasteiger partial charge < -0.3 is 4.57 Å². The van der Waals surface area contributed by atoms with Crippen molar-refractivity contribution >= 4 is 44.3 Å².